The molecule has 0 atom stereocenters. The van der Waals surface area contributed by atoms with Crippen LogP contribution in [0, 0.1) is 0 Å². The summed E-state index contributed by atoms with van der Waals surface area (Å²) in [6, 6.07) is 0.391. The molecule has 1 N–H and O–H groups in total. The number of carbonyl (C=O) groups excluding carboxylic acids is 1. The van der Waals surface area contributed by atoms with E-state index in [0.29, 0.717) is 18.3 Å². The molecule has 0 spiro atoms. The first-order valence-corrected chi connectivity index (χ1v) is 7.58. The van der Waals surface area contributed by atoms with E-state index in [1.165, 1.54) is 31.0 Å². The minimum Gasteiger partial charge on any atom is -0.352 e. The smallest absolute Gasteiger partial charge is 0.230 e. The molecule has 7 heteroatoms. The molecular formula is C12H19N5OS. The molecule has 1 amide bonds. The van der Waals surface area contributed by atoms with Crippen LogP contribution in [-0.2, 0) is 4.79 Å². The fraction of sp³-hybridized carbons (Fsp3) is 0.667. The number of hydrogen-bond acceptors (Lipinski definition) is 5. The molecule has 1 saturated carbocycles. The van der Waals surface area contributed by atoms with E-state index >= 15 is 0 Å². The standard InChI is InChI=1S/C12H19N5OS/c1-2-8-13-11(18)9-19-12-14-15-16-17(12)10-6-4-3-5-7-10/h2,10H,1,3-9H2,(H,13,18). The molecule has 1 heterocycles. The van der Waals surface area contributed by atoms with Gasteiger partial charge >= 0.3 is 0 Å². The molecule has 1 aromatic rings. The second-order valence-electron chi connectivity index (χ2n) is 4.58. The van der Waals surface area contributed by atoms with Gasteiger partial charge in [-0.2, -0.15) is 0 Å². The average Bonchev–Trinajstić information content (AvgIpc) is 2.92. The van der Waals surface area contributed by atoms with E-state index in [1.54, 1.807) is 6.08 Å². The Kier molecular flexibility index (Phi) is 5.38. The predicted molar refractivity (Wildman–Crippen MR) is 73.9 cm³/mol. The number of carbonyl (C=O) groups is 1. The van der Waals surface area contributed by atoms with Gasteiger partial charge in [-0.3, -0.25) is 4.79 Å². The first-order chi connectivity index (χ1) is 9.31. The minimum atomic E-state index is -0.0249. The molecule has 0 aliphatic heterocycles. The summed E-state index contributed by atoms with van der Waals surface area (Å²) in [6.45, 7) is 4.05. The van der Waals surface area contributed by atoms with Crippen molar-refractivity contribution in [1.82, 2.24) is 25.5 Å². The van der Waals surface area contributed by atoms with Crippen molar-refractivity contribution in [1.29, 1.82) is 0 Å². The van der Waals surface area contributed by atoms with Gasteiger partial charge in [-0.05, 0) is 23.3 Å². The second-order valence-corrected chi connectivity index (χ2v) is 5.52. The molecule has 1 aliphatic rings. The van der Waals surface area contributed by atoms with Crippen LogP contribution in [0.4, 0.5) is 0 Å². The Morgan fingerprint density at radius 1 is 1.47 bits per heavy atom. The third-order valence-electron chi connectivity index (χ3n) is 3.16. The molecule has 6 nitrogen and oxygen atoms in total. The topological polar surface area (TPSA) is 72.7 Å². The van der Waals surface area contributed by atoms with Crippen LogP contribution >= 0.6 is 11.8 Å². The number of nitrogens with one attached hydrogen (secondary N) is 1. The molecule has 19 heavy (non-hydrogen) atoms. The van der Waals surface area contributed by atoms with Crippen LogP contribution in [0.25, 0.3) is 0 Å². The lowest BCUT2D eigenvalue weighted by Crippen LogP contribution is -2.25. The van der Waals surface area contributed by atoms with Crippen molar-refractivity contribution >= 4 is 17.7 Å². The Balaban J connectivity index is 1.88. The van der Waals surface area contributed by atoms with Gasteiger partial charge < -0.3 is 5.32 Å². The van der Waals surface area contributed by atoms with Crippen LogP contribution in [-0.4, -0.2) is 38.4 Å². The van der Waals surface area contributed by atoms with Crippen LogP contribution in [0.5, 0.6) is 0 Å². The SMILES string of the molecule is C=CCNC(=O)CSc1nnnn1C1CCCCC1. The highest BCUT2D eigenvalue weighted by atomic mass is 32.2. The molecule has 0 radical (unpaired) electrons. The predicted octanol–water partition coefficient (Wildman–Crippen LogP) is 1.57. The molecule has 1 fully saturated rings. The minimum absolute atomic E-state index is 0.0249. The van der Waals surface area contributed by atoms with Gasteiger partial charge in [-0.1, -0.05) is 37.1 Å². The summed E-state index contributed by atoms with van der Waals surface area (Å²) >= 11 is 1.39. The number of thioether (sulfide) groups is 1. The van der Waals surface area contributed by atoms with Crippen molar-refractivity contribution in [2.24, 2.45) is 0 Å². The molecule has 1 aromatic heterocycles. The molecule has 1 aliphatic carbocycles. The highest BCUT2D eigenvalue weighted by Crippen LogP contribution is 2.29. The quantitative estimate of drug-likeness (QED) is 0.633. The zero-order valence-electron chi connectivity index (χ0n) is 10.9. The van der Waals surface area contributed by atoms with Crippen molar-refractivity contribution in [2.75, 3.05) is 12.3 Å². The number of hydrogen-bond donors (Lipinski definition) is 1. The van der Waals surface area contributed by atoms with Gasteiger partial charge in [0.2, 0.25) is 11.1 Å². The van der Waals surface area contributed by atoms with Crippen LogP contribution < -0.4 is 5.32 Å². The highest BCUT2D eigenvalue weighted by Gasteiger charge is 2.20. The van der Waals surface area contributed by atoms with Gasteiger partial charge in [-0.15, -0.1) is 11.7 Å². The lowest BCUT2D eigenvalue weighted by molar-refractivity contribution is -0.118. The third-order valence-corrected chi connectivity index (χ3v) is 4.09. The lowest BCUT2D eigenvalue weighted by atomic mass is 9.96. The van der Waals surface area contributed by atoms with Gasteiger partial charge in [0, 0.05) is 6.54 Å². The second kappa shape index (κ2) is 7.28. The average molecular weight is 281 g/mol. The van der Waals surface area contributed by atoms with E-state index in [9.17, 15) is 4.79 Å². The molecule has 0 bridgehead atoms. The zero-order valence-corrected chi connectivity index (χ0v) is 11.7. The van der Waals surface area contributed by atoms with E-state index in [4.69, 9.17) is 0 Å². The van der Waals surface area contributed by atoms with Crippen LogP contribution in [0.2, 0.25) is 0 Å². The number of rotatable bonds is 6. The normalized spacial score (nSPS) is 16.2. The Labute approximate surface area is 117 Å². The van der Waals surface area contributed by atoms with Gasteiger partial charge in [0.05, 0.1) is 11.8 Å². The van der Waals surface area contributed by atoms with E-state index in [2.05, 4.69) is 27.4 Å². The summed E-state index contributed by atoms with van der Waals surface area (Å²) in [5.74, 6) is 0.309. The summed E-state index contributed by atoms with van der Waals surface area (Å²) in [4.78, 5) is 11.5. The largest absolute Gasteiger partial charge is 0.352 e. The van der Waals surface area contributed by atoms with Crippen molar-refractivity contribution in [3.8, 4) is 0 Å². The van der Waals surface area contributed by atoms with Gasteiger partial charge in [0.15, 0.2) is 0 Å². The lowest BCUT2D eigenvalue weighted by Gasteiger charge is -2.21. The van der Waals surface area contributed by atoms with Crippen LogP contribution in [0.15, 0.2) is 17.8 Å². The molecule has 0 aromatic carbocycles. The molecular weight excluding hydrogens is 262 g/mol. The summed E-state index contributed by atoms with van der Waals surface area (Å²) in [5.41, 5.74) is 0. The summed E-state index contributed by atoms with van der Waals surface area (Å²) in [5, 5.41) is 15.3. The van der Waals surface area contributed by atoms with E-state index < -0.39 is 0 Å². The monoisotopic (exact) mass is 281 g/mol. The molecule has 0 saturated heterocycles. The molecule has 0 unspecified atom stereocenters. The van der Waals surface area contributed by atoms with Crippen LogP contribution in [0.1, 0.15) is 38.1 Å². The number of tetrazole rings is 1. The number of amides is 1. The van der Waals surface area contributed by atoms with Crippen molar-refractivity contribution in [2.45, 2.75) is 43.3 Å². The number of aromatic nitrogens is 4. The summed E-state index contributed by atoms with van der Waals surface area (Å²) in [7, 11) is 0. The zero-order chi connectivity index (χ0) is 13.5. The highest BCUT2D eigenvalue weighted by molar-refractivity contribution is 7.99. The summed E-state index contributed by atoms with van der Waals surface area (Å²) in [6.07, 6.45) is 7.67. The fourth-order valence-electron chi connectivity index (χ4n) is 2.20. The maximum absolute atomic E-state index is 11.5. The van der Waals surface area contributed by atoms with E-state index in [1.807, 2.05) is 4.68 Å². The van der Waals surface area contributed by atoms with Crippen LogP contribution in [0.3, 0.4) is 0 Å². The Morgan fingerprint density at radius 3 is 3.00 bits per heavy atom. The maximum Gasteiger partial charge on any atom is 0.230 e. The Bertz CT molecular complexity index is 428. The Morgan fingerprint density at radius 2 is 2.26 bits per heavy atom. The van der Waals surface area contributed by atoms with Crippen molar-refractivity contribution in [3.05, 3.63) is 12.7 Å². The molecule has 2 rings (SSSR count). The molecule has 104 valence electrons. The van der Waals surface area contributed by atoms with E-state index in [0.717, 1.165) is 18.0 Å². The fourth-order valence-corrected chi connectivity index (χ4v) is 2.98. The number of nitrogens with zero attached hydrogens (tertiary/aromatic N) is 4. The summed E-state index contributed by atoms with van der Waals surface area (Å²) < 4.78 is 1.88. The third kappa shape index (κ3) is 4.05. The van der Waals surface area contributed by atoms with Gasteiger partial charge in [-0.25, -0.2) is 4.68 Å². The van der Waals surface area contributed by atoms with E-state index in [-0.39, 0.29) is 5.91 Å². The van der Waals surface area contributed by atoms with Crippen molar-refractivity contribution < 1.29 is 4.79 Å². The first kappa shape index (κ1) is 14.0. The van der Waals surface area contributed by atoms with Crippen molar-refractivity contribution in [3.63, 3.8) is 0 Å². The first-order valence-electron chi connectivity index (χ1n) is 6.59. The Hall–Kier alpha value is -1.37. The maximum atomic E-state index is 11.5. The van der Waals surface area contributed by atoms with Gasteiger partial charge in [0.1, 0.15) is 0 Å². The van der Waals surface area contributed by atoms with Gasteiger partial charge in [0.25, 0.3) is 0 Å².